The first-order valence-corrected chi connectivity index (χ1v) is 12.4. The number of pyridine rings is 1. The van der Waals surface area contributed by atoms with Crippen LogP contribution in [0.25, 0.3) is 28.1 Å². The molecular formula is C27H25N9O3. The first-order chi connectivity index (χ1) is 19.0. The molecule has 6 rings (SSSR count). The predicted molar refractivity (Wildman–Crippen MR) is 142 cm³/mol. The second kappa shape index (κ2) is 10.1. The molecule has 0 radical (unpaired) electrons. The van der Waals surface area contributed by atoms with E-state index in [2.05, 4.69) is 36.8 Å². The van der Waals surface area contributed by atoms with Crippen molar-refractivity contribution >= 4 is 22.5 Å². The zero-order chi connectivity index (χ0) is 26.9. The van der Waals surface area contributed by atoms with Crippen molar-refractivity contribution < 1.29 is 14.6 Å². The lowest BCUT2D eigenvalue weighted by Crippen LogP contribution is -2.38. The maximum Gasteiger partial charge on any atom is 0.171 e. The second-order valence-electron chi connectivity index (χ2n) is 9.25. The largest absolute Gasteiger partial charge is 0.483 e. The van der Waals surface area contributed by atoms with E-state index >= 15 is 0 Å². The van der Waals surface area contributed by atoms with Crippen LogP contribution < -0.4 is 10.1 Å². The summed E-state index contributed by atoms with van der Waals surface area (Å²) in [6.45, 7) is 4.71. The van der Waals surface area contributed by atoms with Gasteiger partial charge in [-0.2, -0.15) is 15.5 Å². The minimum atomic E-state index is -0.0561. The number of nitrogens with one attached hydrogen (secondary N) is 2. The molecule has 0 saturated carbocycles. The first kappa shape index (κ1) is 24.5. The van der Waals surface area contributed by atoms with Crippen molar-refractivity contribution in [2.24, 2.45) is 0 Å². The van der Waals surface area contributed by atoms with Crippen molar-refractivity contribution in [3.8, 4) is 28.9 Å². The van der Waals surface area contributed by atoms with Crippen molar-refractivity contribution in [3.63, 3.8) is 0 Å². The molecule has 0 amide bonds. The van der Waals surface area contributed by atoms with E-state index in [-0.39, 0.29) is 18.4 Å². The fourth-order valence-electron chi connectivity index (χ4n) is 4.43. The van der Waals surface area contributed by atoms with Gasteiger partial charge in [0.1, 0.15) is 30.1 Å². The zero-order valence-electron chi connectivity index (χ0n) is 21.3. The number of imidazole rings is 1. The molecule has 0 unspecified atom stereocenters. The van der Waals surface area contributed by atoms with Gasteiger partial charge in [0.15, 0.2) is 11.5 Å². The summed E-state index contributed by atoms with van der Waals surface area (Å²) in [5.74, 6) is 1.81. The molecule has 0 bridgehead atoms. The van der Waals surface area contributed by atoms with Gasteiger partial charge in [-0.1, -0.05) is 6.07 Å². The first-order valence-electron chi connectivity index (χ1n) is 12.4. The van der Waals surface area contributed by atoms with E-state index < -0.39 is 0 Å². The van der Waals surface area contributed by atoms with Crippen LogP contribution in [0.1, 0.15) is 22.6 Å². The van der Waals surface area contributed by atoms with E-state index in [1.165, 1.54) is 0 Å². The number of aryl methyl sites for hydroxylation is 2. The number of ether oxygens (including phenoxy) is 2. The lowest BCUT2D eigenvalue weighted by atomic mass is 10.0. The van der Waals surface area contributed by atoms with Gasteiger partial charge in [0.2, 0.25) is 0 Å². The number of benzene rings is 1. The quantitative estimate of drug-likeness (QED) is 0.276. The number of fused-ring (bicyclic) bond motifs is 1. The molecule has 12 nitrogen and oxygen atoms in total. The molecule has 1 fully saturated rings. The Kier molecular flexibility index (Phi) is 6.36. The number of hydrogen-bond acceptors (Lipinski definition) is 10. The SMILES string of the molecule is Cc1ccc(Nc2cc3ncn(-c4ccc(CCO)c(-c5c(C#N)n[nH]c5C)n4)c3cc2OC2COC2)nn1. The van der Waals surface area contributed by atoms with Gasteiger partial charge in [0.25, 0.3) is 0 Å². The highest BCUT2D eigenvalue weighted by molar-refractivity contribution is 5.86. The third-order valence-electron chi connectivity index (χ3n) is 6.49. The lowest BCUT2D eigenvalue weighted by molar-refractivity contribution is -0.0793. The van der Waals surface area contributed by atoms with Gasteiger partial charge >= 0.3 is 0 Å². The zero-order valence-corrected chi connectivity index (χ0v) is 21.3. The molecule has 3 N–H and O–H groups in total. The Morgan fingerprint density at radius 1 is 1.21 bits per heavy atom. The van der Waals surface area contributed by atoms with Crippen molar-refractivity contribution in [1.82, 2.24) is 34.9 Å². The molecule has 0 atom stereocenters. The summed E-state index contributed by atoms with van der Waals surface area (Å²) in [5.41, 5.74) is 6.01. The summed E-state index contributed by atoms with van der Waals surface area (Å²) in [4.78, 5) is 9.54. The van der Waals surface area contributed by atoms with E-state index in [1.54, 1.807) is 6.33 Å². The Labute approximate surface area is 223 Å². The van der Waals surface area contributed by atoms with E-state index in [0.717, 1.165) is 28.0 Å². The van der Waals surface area contributed by atoms with Gasteiger partial charge in [0, 0.05) is 18.4 Å². The summed E-state index contributed by atoms with van der Waals surface area (Å²) in [6.07, 6.45) is 2.03. The third-order valence-corrected chi connectivity index (χ3v) is 6.49. The molecule has 5 aromatic rings. The summed E-state index contributed by atoms with van der Waals surface area (Å²) >= 11 is 0. The Hall–Kier alpha value is -4.86. The van der Waals surface area contributed by atoms with Gasteiger partial charge in [-0.3, -0.25) is 9.67 Å². The number of aliphatic hydroxyl groups excluding tert-OH is 1. The van der Waals surface area contributed by atoms with Crippen LogP contribution in [0.5, 0.6) is 5.75 Å². The number of aliphatic hydroxyl groups is 1. The van der Waals surface area contributed by atoms with Gasteiger partial charge in [-0.25, -0.2) is 9.97 Å². The smallest absolute Gasteiger partial charge is 0.171 e. The molecule has 1 aliphatic heterocycles. The summed E-state index contributed by atoms with van der Waals surface area (Å²) in [7, 11) is 0. The molecule has 5 heterocycles. The van der Waals surface area contributed by atoms with E-state index in [9.17, 15) is 10.4 Å². The second-order valence-corrected chi connectivity index (χ2v) is 9.25. The minimum absolute atomic E-state index is 0.0481. The van der Waals surface area contributed by atoms with Gasteiger partial charge in [0.05, 0.1) is 46.9 Å². The van der Waals surface area contributed by atoms with Crippen LogP contribution in [-0.2, 0) is 11.2 Å². The molecule has 1 aliphatic rings. The average Bonchev–Trinajstić information content (AvgIpc) is 3.50. The predicted octanol–water partition coefficient (Wildman–Crippen LogP) is 3.15. The number of hydrogen-bond donors (Lipinski definition) is 3. The van der Waals surface area contributed by atoms with Crippen LogP contribution in [0.4, 0.5) is 11.5 Å². The van der Waals surface area contributed by atoms with E-state index in [4.69, 9.17) is 14.5 Å². The standard InChI is InChI=1S/C27H25N9O3/c1-15-3-5-24(35-32-15)30-20-9-19-22(10-23(20)39-18-12-38-13-18)36(14-29-19)25-6-4-17(7-8-37)27(31-25)26-16(2)33-34-21(26)11-28/h3-6,9-10,14,18,37H,7-8,12-13H2,1-2H3,(H,30,35)(H,33,34). The summed E-state index contributed by atoms with van der Waals surface area (Å²) < 4.78 is 13.4. The Bertz CT molecular complexity index is 1700. The van der Waals surface area contributed by atoms with Crippen molar-refractivity contribution in [3.05, 3.63) is 65.4 Å². The molecular weight excluding hydrogens is 498 g/mol. The number of H-pyrrole nitrogens is 1. The van der Waals surface area contributed by atoms with Crippen LogP contribution in [0, 0.1) is 25.2 Å². The topological polar surface area (TPSA) is 160 Å². The molecule has 39 heavy (non-hydrogen) atoms. The van der Waals surface area contributed by atoms with Crippen molar-refractivity contribution in [2.75, 3.05) is 25.1 Å². The maximum absolute atomic E-state index is 9.64. The Morgan fingerprint density at radius 3 is 2.79 bits per heavy atom. The number of anilines is 2. The van der Waals surface area contributed by atoms with Crippen LogP contribution in [0.15, 0.2) is 42.7 Å². The van der Waals surface area contributed by atoms with Crippen LogP contribution in [-0.4, -0.2) is 66.0 Å². The molecule has 1 saturated heterocycles. The van der Waals surface area contributed by atoms with Crippen LogP contribution in [0.3, 0.4) is 0 Å². The highest BCUT2D eigenvalue weighted by Gasteiger charge is 2.23. The van der Waals surface area contributed by atoms with Crippen molar-refractivity contribution in [1.29, 1.82) is 5.26 Å². The number of aromatic nitrogens is 7. The minimum Gasteiger partial charge on any atom is -0.483 e. The molecule has 1 aromatic carbocycles. The number of rotatable bonds is 8. The third kappa shape index (κ3) is 4.65. The molecule has 196 valence electrons. The Morgan fingerprint density at radius 2 is 2.08 bits per heavy atom. The Balaban J connectivity index is 1.45. The van der Waals surface area contributed by atoms with Crippen molar-refractivity contribution in [2.45, 2.75) is 26.4 Å². The number of aromatic amines is 1. The summed E-state index contributed by atoms with van der Waals surface area (Å²) in [5, 5.41) is 37.9. The lowest BCUT2D eigenvalue weighted by Gasteiger charge is -2.27. The monoisotopic (exact) mass is 523 g/mol. The van der Waals surface area contributed by atoms with Crippen LogP contribution in [0.2, 0.25) is 0 Å². The van der Waals surface area contributed by atoms with E-state index in [0.29, 0.717) is 54.0 Å². The number of nitriles is 1. The maximum atomic E-state index is 9.64. The fraction of sp³-hybridized carbons (Fsp3) is 0.259. The normalized spacial score (nSPS) is 13.3. The fourth-order valence-corrected chi connectivity index (χ4v) is 4.43. The molecule has 0 aliphatic carbocycles. The highest BCUT2D eigenvalue weighted by Crippen LogP contribution is 2.35. The average molecular weight is 524 g/mol. The molecule has 0 spiro atoms. The van der Waals surface area contributed by atoms with Gasteiger partial charge < -0.3 is 19.9 Å². The molecule has 4 aromatic heterocycles. The number of nitrogens with zero attached hydrogens (tertiary/aromatic N) is 7. The highest BCUT2D eigenvalue weighted by atomic mass is 16.6. The van der Waals surface area contributed by atoms with Crippen LogP contribution >= 0.6 is 0 Å². The van der Waals surface area contributed by atoms with E-state index in [1.807, 2.05) is 54.8 Å². The van der Waals surface area contributed by atoms with Gasteiger partial charge in [-0.15, -0.1) is 5.10 Å². The summed E-state index contributed by atoms with van der Waals surface area (Å²) in [6, 6.07) is 13.4. The van der Waals surface area contributed by atoms with Gasteiger partial charge in [-0.05, 0) is 50.1 Å². The molecule has 12 heteroatoms.